The lowest BCUT2D eigenvalue weighted by Crippen LogP contribution is -2.36. The summed E-state index contributed by atoms with van der Waals surface area (Å²) >= 11 is 0. The molecule has 0 amide bonds. The zero-order chi connectivity index (χ0) is 12.8. The fourth-order valence-corrected chi connectivity index (χ4v) is 2.46. The van der Waals surface area contributed by atoms with Gasteiger partial charge in [0.05, 0.1) is 12.2 Å². The molecule has 1 aliphatic heterocycles. The van der Waals surface area contributed by atoms with E-state index in [-0.39, 0.29) is 5.60 Å². The first-order valence-electron chi connectivity index (χ1n) is 6.64. The van der Waals surface area contributed by atoms with Gasteiger partial charge >= 0.3 is 0 Å². The topological polar surface area (TPSA) is 30.5 Å². The Morgan fingerprint density at radius 1 is 1.33 bits per heavy atom. The highest BCUT2D eigenvalue weighted by molar-refractivity contribution is 5.26. The van der Waals surface area contributed by atoms with Crippen molar-refractivity contribution in [3.63, 3.8) is 0 Å². The molecule has 18 heavy (non-hydrogen) atoms. The molecule has 1 aliphatic rings. The summed E-state index contributed by atoms with van der Waals surface area (Å²) in [5.74, 6) is 0. The zero-order valence-corrected chi connectivity index (χ0v) is 11.4. The molecule has 0 aromatic heterocycles. The van der Waals surface area contributed by atoms with Gasteiger partial charge in [-0.25, -0.2) is 0 Å². The fourth-order valence-electron chi connectivity index (χ4n) is 2.46. The number of methoxy groups -OCH3 is 1. The second kappa shape index (κ2) is 6.32. The van der Waals surface area contributed by atoms with Crippen molar-refractivity contribution in [3.8, 4) is 0 Å². The lowest BCUT2D eigenvalue weighted by molar-refractivity contribution is 0.0206. The first-order chi connectivity index (χ1) is 8.73. The standard InChI is InChI=1S/C15H23NO2/c1-15(8-5-9-18-15)12-16-10-13-6-3-4-7-14(13)11-17-2/h3-4,6-7,16H,5,8-12H2,1-2H3. The van der Waals surface area contributed by atoms with Crippen LogP contribution in [0.5, 0.6) is 0 Å². The number of rotatable bonds is 6. The maximum Gasteiger partial charge on any atom is 0.0779 e. The van der Waals surface area contributed by atoms with Crippen molar-refractivity contribution in [3.05, 3.63) is 35.4 Å². The van der Waals surface area contributed by atoms with E-state index in [2.05, 4.69) is 36.5 Å². The molecule has 0 radical (unpaired) electrons. The Hall–Kier alpha value is -0.900. The van der Waals surface area contributed by atoms with Crippen LogP contribution in [0.15, 0.2) is 24.3 Å². The second-order valence-electron chi connectivity index (χ2n) is 5.21. The van der Waals surface area contributed by atoms with E-state index in [0.29, 0.717) is 6.61 Å². The highest BCUT2D eigenvalue weighted by atomic mass is 16.5. The Morgan fingerprint density at radius 2 is 2.11 bits per heavy atom. The molecular formula is C15H23NO2. The van der Waals surface area contributed by atoms with Gasteiger partial charge in [0.25, 0.3) is 0 Å². The molecule has 1 N–H and O–H groups in total. The highest BCUT2D eigenvalue weighted by Gasteiger charge is 2.28. The first kappa shape index (κ1) is 13.5. The van der Waals surface area contributed by atoms with Crippen LogP contribution in [0.3, 0.4) is 0 Å². The van der Waals surface area contributed by atoms with Crippen molar-refractivity contribution in [1.29, 1.82) is 0 Å². The molecule has 1 aromatic carbocycles. The Labute approximate surface area is 109 Å². The lowest BCUT2D eigenvalue weighted by atomic mass is 10.0. The molecule has 2 rings (SSSR count). The van der Waals surface area contributed by atoms with E-state index in [1.54, 1.807) is 7.11 Å². The summed E-state index contributed by atoms with van der Waals surface area (Å²) in [5, 5.41) is 3.50. The second-order valence-corrected chi connectivity index (χ2v) is 5.21. The molecule has 3 heteroatoms. The largest absolute Gasteiger partial charge is 0.380 e. The summed E-state index contributed by atoms with van der Waals surface area (Å²) in [4.78, 5) is 0. The molecule has 0 bridgehead atoms. The van der Waals surface area contributed by atoms with Gasteiger partial charge in [-0.05, 0) is 30.9 Å². The predicted octanol–water partition coefficient (Wildman–Crippen LogP) is 2.49. The Kier molecular flexibility index (Phi) is 4.75. The number of ether oxygens (including phenoxy) is 2. The van der Waals surface area contributed by atoms with E-state index >= 15 is 0 Å². The normalized spacial score (nSPS) is 23.4. The summed E-state index contributed by atoms with van der Waals surface area (Å²) in [7, 11) is 1.73. The van der Waals surface area contributed by atoms with Crippen molar-refractivity contribution in [1.82, 2.24) is 5.32 Å². The molecule has 1 atom stereocenters. The van der Waals surface area contributed by atoms with Crippen LogP contribution in [0.1, 0.15) is 30.9 Å². The number of nitrogens with one attached hydrogen (secondary N) is 1. The van der Waals surface area contributed by atoms with Crippen molar-refractivity contribution in [2.24, 2.45) is 0 Å². The zero-order valence-electron chi connectivity index (χ0n) is 11.4. The van der Waals surface area contributed by atoms with E-state index in [4.69, 9.17) is 9.47 Å². The van der Waals surface area contributed by atoms with Gasteiger partial charge in [-0.2, -0.15) is 0 Å². The minimum Gasteiger partial charge on any atom is -0.380 e. The van der Waals surface area contributed by atoms with Gasteiger partial charge in [0, 0.05) is 26.8 Å². The van der Waals surface area contributed by atoms with Gasteiger partial charge < -0.3 is 14.8 Å². The van der Waals surface area contributed by atoms with E-state index < -0.39 is 0 Å². The van der Waals surface area contributed by atoms with E-state index in [9.17, 15) is 0 Å². The van der Waals surface area contributed by atoms with Gasteiger partial charge in [-0.1, -0.05) is 24.3 Å². The molecule has 1 fully saturated rings. The SMILES string of the molecule is COCc1ccccc1CNCC1(C)CCCO1. The summed E-state index contributed by atoms with van der Waals surface area (Å²) in [6.45, 7) is 5.55. The third-order valence-electron chi connectivity index (χ3n) is 3.53. The van der Waals surface area contributed by atoms with Crippen LogP contribution in [-0.4, -0.2) is 25.9 Å². The molecule has 100 valence electrons. The van der Waals surface area contributed by atoms with Gasteiger partial charge in [-0.15, -0.1) is 0 Å². The quantitative estimate of drug-likeness (QED) is 0.840. The predicted molar refractivity (Wildman–Crippen MR) is 72.5 cm³/mol. The third kappa shape index (κ3) is 3.55. The van der Waals surface area contributed by atoms with Crippen LogP contribution in [-0.2, 0) is 22.6 Å². The maximum atomic E-state index is 5.77. The Balaban J connectivity index is 1.86. The van der Waals surface area contributed by atoms with Crippen LogP contribution in [0.25, 0.3) is 0 Å². The minimum atomic E-state index is 0.0240. The summed E-state index contributed by atoms with van der Waals surface area (Å²) in [5.41, 5.74) is 2.59. The smallest absolute Gasteiger partial charge is 0.0779 e. The Bertz CT molecular complexity index is 373. The Morgan fingerprint density at radius 3 is 2.78 bits per heavy atom. The van der Waals surface area contributed by atoms with Crippen LogP contribution >= 0.6 is 0 Å². The monoisotopic (exact) mass is 249 g/mol. The average Bonchev–Trinajstić information content (AvgIpc) is 2.79. The average molecular weight is 249 g/mol. The fraction of sp³-hybridized carbons (Fsp3) is 0.600. The van der Waals surface area contributed by atoms with Gasteiger partial charge in [0.1, 0.15) is 0 Å². The molecule has 0 aliphatic carbocycles. The lowest BCUT2D eigenvalue weighted by Gasteiger charge is -2.23. The van der Waals surface area contributed by atoms with Gasteiger partial charge in [0.15, 0.2) is 0 Å². The summed E-state index contributed by atoms with van der Waals surface area (Å²) in [6, 6.07) is 8.40. The number of hydrogen-bond donors (Lipinski definition) is 1. The van der Waals surface area contributed by atoms with E-state index in [1.165, 1.54) is 17.5 Å². The van der Waals surface area contributed by atoms with Crippen molar-refractivity contribution < 1.29 is 9.47 Å². The van der Waals surface area contributed by atoms with E-state index in [1.807, 2.05) is 0 Å². The van der Waals surface area contributed by atoms with Crippen LogP contribution in [0.2, 0.25) is 0 Å². The van der Waals surface area contributed by atoms with Crippen LogP contribution in [0, 0.1) is 0 Å². The molecule has 1 heterocycles. The van der Waals surface area contributed by atoms with Crippen molar-refractivity contribution in [2.75, 3.05) is 20.3 Å². The van der Waals surface area contributed by atoms with Crippen LogP contribution in [0.4, 0.5) is 0 Å². The number of benzene rings is 1. The third-order valence-corrected chi connectivity index (χ3v) is 3.53. The molecule has 0 spiro atoms. The highest BCUT2D eigenvalue weighted by Crippen LogP contribution is 2.24. The molecule has 1 aromatic rings. The first-order valence-corrected chi connectivity index (χ1v) is 6.64. The molecule has 0 saturated carbocycles. The summed E-state index contributed by atoms with van der Waals surface area (Å²) < 4.78 is 11.0. The van der Waals surface area contributed by atoms with Crippen LogP contribution < -0.4 is 5.32 Å². The van der Waals surface area contributed by atoms with Crippen molar-refractivity contribution in [2.45, 2.75) is 38.5 Å². The van der Waals surface area contributed by atoms with Gasteiger partial charge in [-0.3, -0.25) is 0 Å². The minimum absolute atomic E-state index is 0.0240. The molecule has 1 unspecified atom stereocenters. The molecule has 1 saturated heterocycles. The van der Waals surface area contributed by atoms with Crippen molar-refractivity contribution >= 4 is 0 Å². The van der Waals surface area contributed by atoms with Gasteiger partial charge in [0.2, 0.25) is 0 Å². The molecule has 3 nitrogen and oxygen atoms in total. The molecular weight excluding hydrogens is 226 g/mol. The summed E-state index contributed by atoms with van der Waals surface area (Å²) in [6.07, 6.45) is 2.33. The maximum absolute atomic E-state index is 5.77. The number of hydrogen-bond acceptors (Lipinski definition) is 3. The van der Waals surface area contributed by atoms with E-state index in [0.717, 1.165) is 26.1 Å².